The number of likely N-dealkylation sites (tertiary alicyclic amines) is 1. The Morgan fingerprint density at radius 3 is 2.17 bits per heavy atom. The third kappa shape index (κ3) is 4.49. The number of likely N-dealkylation sites (N-methyl/N-ethyl adjacent to an activating group) is 1. The van der Waals surface area contributed by atoms with E-state index in [-0.39, 0.29) is 55.0 Å². The highest BCUT2D eigenvalue weighted by Gasteiger charge is 2.47. The molecule has 1 heterocycles. The minimum absolute atomic E-state index is 0.0318. The minimum atomic E-state index is -0.280. The maximum absolute atomic E-state index is 12.5. The molecule has 0 unspecified atom stereocenters. The summed E-state index contributed by atoms with van der Waals surface area (Å²) >= 11 is 0. The number of carbonyl (C=O) groups is 4. The van der Waals surface area contributed by atoms with E-state index in [0.717, 1.165) is 42.5 Å². The second-order valence-electron chi connectivity index (χ2n) is 8.14. The van der Waals surface area contributed by atoms with Crippen LogP contribution in [0.5, 0.6) is 0 Å². The van der Waals surface area contributed by atoms with Gasteiger partial charge in [0.05, 0.1) is 18.4 Å². The van der Waals surface area contributed by atoms with Gasteiger partial charge in [-0.25, -0.2) is 0 Å². The second-order valence-corrected chi connectivity index (χ2v) is 8.14. The van der Waals surface area contributed by atoms with Gasteiger partial charge in [-0.3, -0.25) is 24.1 Å². The lowest BCUT2D eigenvalue weighted by atomic mass is 9.81. The maximum Gasteiger partial charge on any atom is 0.243 e. The molecule has 1 saturated heterocycles. The first-order valence-corrected chi connectivity index (χ1v) is 10.2. The van der Waals surface area contributed by atoms with Crippen LogP contribution in [-0.4, -0.2) is 53.6 Å². The lowest BCUT2D eigenvalue weighted by molar-refractivity contribution is -0.141. The highest BCUT2D eigenvalue weighted by Crippen LogP contribution is 2.38. The standard InChI is InChI=1S/C22H29N3O4/c1-14-7-6-8-15(2)20(14)23-18(26)13-24(3)19(27)11-12-25-21(28)16-9-4-5-10-17(16)22(25)29/h6-8,16-17H,4-5,9-13H2,1-3H3,(H,23,26)/t16-,17-/m1/s1. The summed E-state index contributed by atoms with van der Waals surface area (Å²) in [5.41, 5.74) is 2.67. The number of benzene rings is 1. The normalized spacial score (nSPS) is 21.1. The van der Waals surface area contributed by atoms with E-state index in [2.05, 4.69) is 5.32 Å². The molecule has 2 aliphatic rings. The van der Waals surface area contributed by atoms with Crippen molar-refractivity contribution in [2.45, 2.75) is 46.0 Å². The van der Waals surface area contributed by atoms with Gasteiger partial charge >= 0.3 is 0 Å². The Morgan fingerprint density at radius 1 is 1.07 bits per heavy atom. The number of anilines is 1. The molecule has 1 N–H and O–H groups in total. The van der Waals surface area contributed by atoms with Crippen molar-refractivity contribution >= 4 is 29.3 Å². The highest BCUT2D eigenvalue weighted by molar-refractivity contribution is 6.05. The molecule has 1 aromatic carbocycles. The van der Waals surface area contributed by atoms with Crippen LogP contribution in [0, 0.1) is 25.7 Å². The molecule has 1 aromatic rings. The number of hydrogen-bond acceptors (Lipinski definition) is 4. The van der Waals surface area contributed by atoms with Crippen LogP contribution in [0.3, 0.4) is 0 Å². The Morgan fingerprint density at radius 2 is 1.62 bits per heavy atom. The second kappa shape index (κ2) is 8.76. The van der Waals surface area contributed by atoms with Crippen molar-refractivity contribution < 1.29 is 19.2 Å². The first kappa shape index (κ1) is 21.0. The number of rotatable bonds is 6. The molecule has 1 aliphatic carbocycles. The van der Waals surface area contributed by atoms with Crippen LogP contribution >= 0.6 is 0 Å². The van der Waals surface area contributed by atoms with E-state index in [0.29, 0.717) is 0 Å². The molecule has 7 nitrogen and oxygen atoms in total. The lowest BCUT2D eigenvalue weighted by Gasteiger charge is -2.20. The Kier molecular flexibility index (Phi) is 6.35. The van der Waals surface area contributed by atoms with E-state index in [4.69, 9.17) is 0 Å². The topological polar surface area (TPSA) is 86.8 Å². The average Bonchev–Trinajstić information content (AvgIpc) is 2.93. The molecule has 4 amide bonds. The number of nitrogens with zero attached hydrogens (tertiary/aromatic N) is 2. The summed E-state index contributed by atoms with van der Waals surface area (Å²) in [4.78, 5) is 52.4. The molecule has 29 heavy (non-hydrogen) atoms. The number of nitrogens with one attached hydrogen (secondary N) is 1. The molecule has 0 aromatic heterocycles. The maximum atomic E-state index is 12.5. The molecule has 2 fully saturated rings. The van der Waals surface area contributed by atoms with Gasteiger partial charge in [0.15, 0.2) is 0 Å². The van der Waals surface area contributed by atoms with Crippen molar-refractivity contribution in [1.82, 2.24) is 9.80 Å². The number of amides is 4. The van der Waals surface area contributed by atoms with Gasteiger partial charge in [-0.05, 0) is 37.8 Å². The Balaban J connectivity index is 1.51. The first-order chi connectivity index (χ1) is 13.8. The van der Waals surface area contributed by atoms with Gasteiger partial charge in [0, 0.05) is 25.7 Å². The quantitative estimate of drug-likeness (QED) is 0.744. The van der Waals surface area contributed by atoms with Crippen LogP contribution in [-0.2, 0) is 19.2 Å². The minimum Gasteiger partial charge on any atom is -0.336 e. The molecule has 1 aliphatic heterocycles. The zero-order chi connectivity index (χ0) is 21.1. The molecule has 2 atom stereocenters. The van der Waals surface area contributed by atoms with Gasteiger partial charge in [-0.1, -0.05) is 31.0 Å². The van der Waals surface area contributed by atoms with E-state index in [9.17, 15) is 19.2 Å². The molecule has 3 rings (SSSR count). The summed E-state index contributed by atoms with van der Waals surface area (Å²) in [5, 5.41) is 2.86. The molecular formula is C22H29N3O4. The van der Waals surface area contributed by atoms with Gasteiger partial charge in [0.25, 0.3) is 0 Å². The fourth-order valence-electron chi connectivity index (χ4n) is 4.34. The van der Waals surface area contributed by atoms with E-state index < -0.39 is 0 Å². The number of hydrogen-bond donors (Lipinski definition) is 1. The van der Waals surface area contributed by atoms with Crippen molar-refractivity contribution in [3.8, 4) is 0 Å². The number of fused-ring (bicyclic) bond motifs is 1. The molecule has 7 heteroatoms. The number of para-hydroxylation sites is 1. The smallest absolute Gasteiger partial charge is 0.243 e. The third-order valence-corrected chi connectivity index (χ3v) is 6.03. The Bertz CT molecular complexity index is 791. The number of imide groups is 1. The zero-order valence-electron chi connectivity index (χ0n) is 17.4. The molecule has 0 radical (unpaired) electrons. The van der Waals surface area contributed by atoms with E-state index in [1.807, 2.05) is 32.0 Å². The molecular weight excluding hydrogens is 370 g/mol. The predicted octanol–water partition coefficient (Wildman–Crippen LogP) is 2.27. The summed E-state index contributed by atoms with van der Waals surface area (Å²) < 4.78 is 0. The van der Waals surface area contributed by atoms with E-state index >= 15 is 0 Å². The van der Waals surface area contributed by atoms with Crippen molar-refractivity contribution in [1.29, 1.82) is 0 Å². The molecule has 0 spiro atoms. The van der Waals surface area contributed by atoms with Crippen molar-refractivity contribution in [3.63, 3.8) is 0 Å². The van der Waals surface area contributed by atoms with Gasteiger partial charge in [0.2, 0.25) is 23.6 Å². The summed E-state index contributed by atoms with van der Waals surface area (Å²) in [7, 11) is 1.56. The van der Waals surface area contributed by atoms with Gasteiger partial charge < -0.3 is 10.2 Å². The van der Waals surface area contributed by atoms with Crippen LogP contribution < -0.4 is 5.32 Å². The van der Waals surface area contributed by atoms with Crippen LogP contribution in [0.4, 0.5) is 5.69 Å². The van der Waals surface area contributed by atoms with Gasteiger partial charge in [-0.15, -0.1) is 0 Å². The lowest BCUT2D eigenvalue weighted by Crippen LogP contribution is -2.38. The fraction of sp³-hybridized carbons (Fsp3) is 0.545. The number of carbonyl (C=O) groups excluding carboxylic acids is 4. The SMILES string of the molecule is Cc1cccc(C)c1NC(=O)CN(C)C(=O)CCN1C(=O)[C@@H]2CCCC[C@H]2C1=O. The van der Waals surface area contributed by atoms with Crippen LogP contribution in [0.2, 0.25) is 0 Å². The largest absolute Gasteiger partial charge is 0.336 e. The highest BCUT2D eigenvalue weighted by atomic mass is 16.2. The van der Waals surface area contributed by atoms with E-state index in [1.54, 1.807) is 7.05 Å². The Hall–Kier alpha value is -2.70. The third-order valence-electron chi connectivity index (χ3n) is 6.03. The van der Waals surface area contributed by atoms with Crippen LogP contribution in [0.1, 0.15) is 43.2 Å². The monoisotopic (exact) mass is 399 g/mol. The van der Waals surface area contributed by atoms with Gasteiger partial charge in [-0.2, -0.15) is 0 Å². The van der Waals surface area contributed by atoms with Crippen LogP contribution in [0.15, 0.2) is 18.2 Å². The predicted molar refractivity (Wildman–Crippen MR) is 109 cm³/mol. The van der Waals surface area contributed by atoms with Crippen LogP contribution in [0.25, 0.3) is 0 Å². The van der Waals surface area contributed by atoms with E-state index in [1.165, 1.54) is 9.80 Å². The van der Waals surface area contributed by atoms with Gasteiger partial charge in [0.1, 0.15) is 0 Å². The van der Waals surface area contributed by atoms with Crippen molar-refractivity contribution in [3.05, 3.63) is 29.3 Å². The zero-order valence-corrected chi connectivity index (χ0v) is 17.4. The Labute approximate surface area is 171 Å². The molecule has 0 bridgehead atoms. The number of aryl methyl sites for hydroxylation is 2. The summed E-state index contributed by atoms with van der Waals surface area (Å²) in [6, 6.07) is 5.76. The summed E-state index contributed by atoms with van der Waals surface area (Å²) in [5.74, 6) is -1.22. The summed E-state index contributed by atoms with van der Waals surface area (Å²) in [6.07, 6.45) is 3.51. The molecule has 1 saturated carbocycles. The molecule has 156 valence electrons. The van der Waals surface area contributed by atoms with Crippen molar-refractivity contribution in [2.24, 2.45) is 11.8 Å². The summed E-state index contributed by atoms with van der Waals surface area (Å²) in [6.45, 7) is 3.84. The average molecular weight is 399 g/mol. The van der Waals surface area contributed by atoms with Crippen molar-refractivity contribution in [2.75, 3.05) is 25.5 Å². The first-order valence-electron chi connectivity index (χ1n) is 10.2. The fourth-order valence-corrected chi connectivity index (χ4v) is 4.34.